The Morgan fingerprint density at radius 1 is 1.35 bits per heavy atom. The van der Waals surface area contributed by atoms with Gasteiger partial charge in [-0.1, -0.05) is 11.6 Å². The molecule has 1 aliphatic rings. The standard InChI is InChI=1S/C12H15ClN4/c13-9-5-11-7-15-8-17(11)12(6-9)16-10-1-3-14-4-2-10/h5-8,10,14,16H,1-4H2. The van der Waals surface area contributed by atoms with Gasteiger partial charge in [0.15, 0.2) is 0 Å². The van der Waals surface area contributed by atoms with Gasteiger partial charge in [0.1, 0.15) is 12.1 Å². The van der Waals surface area contributed by atoms with E-state index in [2.05, 4.69) is 15.6 Å². The van der Waals surface area contributed by atoms with Gasteiger partial charge in [-0.2, -0.15) is 0 Å². The summed E-state index contributed by atoms with van der Waals surface area (Å²) in [5.41, 5.74) is 1.02. The molecule has 2 N–H and O–H groups in total. The lowest BCUT2D eigenvalue weighted by Crippen LogP contribution is -2.35. The Hall–Kier alpha value is -1.26. The van der Waals surface area contributed by atoms with Gasteiger partial charge in [-0.25, -0.2) is 4.98 Å². The van der Waals surface area contributed by atoms with E-state index in [0.717, 1.165) is 42.3 Å². The number of rotatable bonds is 2. The second-order valence-corrected chi connectivity index (χ2v) is 4.85. The van der Waals surface area contributed by atoms with Crippen LogP contribution in [0, 0.1) is 0 Å². The monoisotopic (exact) mass is 250 g/mol. The summed E-state index contributed by atoms with van der Waals surface area (Å²) in [7, 11) is 0. The van der Waals surface area contributed by atoms with Crippen LogP contribution in [0.4, 0.5) is 5.82 Å². The SMILES string of the molecule is Clc1cc(NC2CCNCC2)n2cncc2c1. The normalized spacial score (nSPS) is 17.5. The Balaban J connectivity index is 1.90. The number of aromatic nitrogens is 2. The Kier molecular flexibility index (Phi) is 2.91. The Labute approximate surface area is 105 Å². The molecule has 0 amide bonds. The molecule has 17 heavy (non-hydrogen) atoms. The molecule has 0 bridgehead atoms. The van der Waals surface area contributed by atoms with Crippen LogP contribution in [0.15, 0.2) is 24.7 Å². The lowest BCUT2D eigenvalue weighted by Gasteiger charge is -2.25. The maximum Gasteiger partial charge on any atom is 0.113 e. The van der Waals surface area contributed by atoms with Crippen LogP contribution in [0.1, 0.15) is 12.8 Å². The predicted octanol–water partition coefficient (Wildman–Crippen LogP) is 2.15. The second-order valence-electron chi connectivity index (χ2n) is 4.42. The molecule has 2 aromatic rings. The molecule has 3 rings (SSSR count). The minimum absolute atomic E-state index is 0.514. The van der Waals surface area contributed by atoms with E-state index < -0.39 is 0 Å². The van der Waals surface area contributed by atoms with Crippen LogP contribution in [0.25, 0.3) is 5.52 Å². The van der Waals surface area contributed by atoms with E-state index >= 15 is 0 Å². The molecule has 5 heteroatoms. The first-order valence-electron chi connectivity index (χ1n) is 5.92. The lowest BCUT2D eigenvalue weighted by molar-refractivity contribution is 0.478. The first kappa shape index (κ1) is 10.9. The summed E-state index contributed by atoms with van der Waals surface area (Å²) in [6, 6.07) is 4.39. The van der Waals surface area contributed by atoms with Crippen molar-refractivity contribution in [3.8, 4) is 0 Å². The maximum absolute atomic E-state index is 6.10. The van der Waals surface area contributed by atoms with Crippen LogP contribution in [0.3, 0.4) is 0 Å². The number of hydrogen-bond acceptors (Lipinski definition) is 3. The number of hydrogen-bond donors (Lipinski definition) is 2. The largest absolute Gasteiger partial charge is 0.368 e. The van der Waals surface area contributed by atoms with Crippen molar-refractivity contribution >= 4 is 22.9 Å². The molecular formula is C12H15ClN4. The molecule has 0 unspecified atom stereocenters. The third kappa shape index (κ3) is 2.23. The zero-order chi connectivity index (χ0) is 11.7. The number of imidazole rings is 1. The summed E-state index contributed by atoms with van der Waals surface area (Å²) in [5, 5.41) is 7.65. The van der Waals surface area contributed by atoms with E-state index in [4.69, 9.17) is 11.6 Å². The van der Waals surface area contributed by atoms with Crippen molar-refractivity contribution in [3.05, 3.63) is 29.7 Å². The third-order valence-electron chi connectivity index (χ3n) is 3.18. The molecule has 3 heterocycles. The smallest absolute Gasteiger partial charge is 0.113 e. The highest BCUT2D eigenvalue weighted by molar-refractivity contribution is 6.31. The first-order chi connectivity index (χ1) is 8.33. The van der Waals surface area contributed by atoms with Gasteiger partial charge in [0.05, 0.1) is 11.7 Å². The Morgan fingerprint density at radius 2 is 2.18 bits per heavy atom. The highest BCUT2D eigenvalue weighted by atomic mass is 35.5. The number of nitrogens with one attached hydrogen (secondary N) is 2. The van der Waals surface area contributed by atoms with E-state index in [9.17, 15) is 0 Å². The van der Waals surface area contributed by atoms with E-state index in [-0.39, 0.29) is 0 Å². The van der Waals surface area contributed by atoms with Crippen molar-refractivity contribution < 1.29 is 0 Å². The number of halogens is 1. The van der Waals surface area contributed by atoms with E-state index in [1.54, 1.807) is 0 Å². The average Bonchev–Trinajstić information content (AvgIpc) is 2.78. The zero-order valence-electron chi connectivity index (χ0n) is 9.49. The molecule has 0 saturated carbocycles. The third-order valence-corrected chi connectivity index (χ3v) is 3.40. The summed E-state index contributed by atoms with van der Waals surface area (Å²) in [4.78, 5) is 4.15. The highest BCUT2D eigenvalue weighted by Gasteiger charge is 2.14. The van der Waals surface area contributed by atoms with E-state index in [1.165, 1.54) is 0 Å². The molecule has 0 atom stereocenters. The molecule has 90 valence electrons. The van der Waals surface area contributed by atoms with Gasteiger partial charge in [-0.05, 0) is 38.1 Å². The van der Waals surface area contributed by atoms with Gasteiger partial charge in [-0.3, -0.25) is 4.40 Å². The fourth-order valence-corrected chi connectivity index (χ4v) is 2.50. The van der Waals surface area contributed by atoms with Crippen LogP contribution >= 0.6 is 11.6 Å². The Morgan fingerprint density at radius 3 is 3.00 bits per heavy atom. The molecule has 1 fully saturated rings. The van der Waals surface area contributed by atoms with Gasteiger partial charge >= 0.3 is 0 Å². The van der Waals surface area contributed by atoms with Gasteiger partial charge in [0.25, 0.3) is 0 Å². The molecule has 1 saturated heterocycles. The average molecular weight is 251 g/mol. The molecule has 2 aromatic heterocycles. The fraction of sp³-hybridized carbons (Fsp3) is 0.417. The van der Waals surface area contributed by atoms with Gasteiger partial charge in [0.2, 0.25) is 0 Å². The van der Waals surface area contributed by atoms with E-state index in [1.807, 2.05) is 29.1 Å². The summed E-state index contributed by atoms with van der Waals surface area (Å²) in [5.74, 6) is 1.02. The van der Waals surface area contributed by atoms with Gasteiger partial charge in [0, 0.05) is 11.1 Å². The van der Waals surface area contributed by atoms with Crippen LogP contribution in [-0.4, -0.2) is 28.5 Å². The molecule has 0 radical (unpaired) electrons. The summed E-state index contributed by atoms with van der Waals surface area (Å²) < 4.78 is 2.04. The van der Waals surface area contributed by atoms with E-state index in [0.29, 0.717) is 6.04 Å². The zero-order valence-corrected chi connectivity index (χ0v) is 10.2. The number of fused-ring (bicyclic) bond motifs is 1. The highest BCUT2D eigenvalue weighted by Crippen LogP contribution is 2.21. The van der Waals surface area contributed by atoms with Crippen molar-refractivity contribution in [2.75, 3.05) is 18.4 Å². The van der Waals surface area contributed by atoms with Crippen LogP contribution < -0.4 is 10.6 Å². The topological polar surface area (TPSA) is 41.4 Å². The number of nitrogens with zero attached hydrogens (tertiary/aromatic N) is 2. The molecular weight excluding hydrogens is 236 g/mol. The lowest BCUT2D eigenvalue weighted by atomic mass is 10.1. The molecule has 4 nitrogen and oxygen atoms in total. The number of piperidine rings is 1. The van der Waals surface area contributed by atoms with Crippen LogP contribution in [0.2, 0.25) is 5.02 Å². The summed E-state index contributed by atoms with van der Waals surface area (Å²) in [6.45, 7) is 2.15. The minimum atomic E-state index is 0.514. The van der Waals surface area contributed by atoms with Crippen molar-refractivity contribution in [2.45, 2.75) is 18.9 Å². The number of pyridine rings is 1. The second kappa shape index (κ2) is 4.55. The molecule has 0 spiro atoms. The van der Waals surface area contributed by atoms with Crippen LogP contribution in [0.5, 0.6) is 0 Å². The van der Waals surface area contributed by atoms with Crippen molar-refractivity contribution in [3.63, 3.8) is 0 Å². The number of anilines is 1. The summed E-state index contributed by atoms with van der Waals surface area (Å²) in [6.07, 6.45) is 5.92. The maximum atomic E-state index is 6.10. The Bertz CT molecular complexity index is 516. The van der Waals surface area contributed by atoms with Gasteiger partial charge in [-0.15, -0.1) is 0 Å². The fourth-order valence-electron chi connectivity index (χ4n) is 2.28. The molecule has 1 aliphatic heterocycles. The minimum Gasteiger partial charge on any atom is -0.368 e. The summed E-state index contributed by atoms with van der Waals surface area (Å²) >= 11 is 6.10. The van der Waals surface area contributed by atoms with Crippen molar-refractivity contribution in [1.82, 2.24) is 14.7 Å². The van der Waals surface area contributed by atoms with Crippen LogP contribution in [-0.2, 0) is 0 Å². The van der Waals surface area contributed by atoms with Crippen molar-refractivity contribution in [1.29, 1.82) is 0 Å². The van der Waals surface area contributed by atoms with Crippen molar-refractivity contribution in [2.24, 2.45) is 0 Å². The molecule has 0 aliphatic carbocycles. The predicted molar refractivity (Wildman–Crippen MR) is 69.7 cm³/mol. The van der Waals surface area contributed by atoms with Gasteiger partial charge < -0.3 is 10.6 Å². The first-order valence-corrected chi connectivity index (χ1v) is 6.29. The quantitative estimate of drug-likeness (QED) is 0.858. The molecule has 0 aromatic carbocycles.